The highest BCUT2D eigenvalue weighted by atomic mass is 32.1. The van der Waals surface area contributed by atoms with E-state index in [2.05, 4.69) is 37.2 Å². The highest BCUT2D eigenvalue weighted by molar-refractivity contribution is 7.09. The van der Waals surface area contributed by atoms with E-state index in [1.807, 2.05) is 25.2 Å². The van der Waals surface area contributed by atoms with E-state index in [4.69, 9.17) is 0 Å². The molecule has 2 aromatic rings. The van der Waals surface area contributed by atoms with Gasteiger partial charge in [-0.2, -0.15) is 9.47 Å². The van der Waals surface area contributed by atoms with Gasteiger partial charge in [0.25, 0.3) is 0 Å². The fourth-order valence-electron chi connectivity index (χ4n) is 2.50. The number of hydrogen-bond donors (Lipinski definition) is 0. The molecule has 2 aromatic heterocycles. The zero-order chi connectivity index (χ0) is 14.1. The average Bonchev–Trinajstić information content (AvgIpc) is 3.09. The summed E-state index contributed by atoms with van der Waals surface area (Å²) in [7, 11) is 3.99. The second-order valence-electron chi connectivity index (χ2n) is 5.56. The first kappa shape index (κ1) is 13.5. The van der Waals surface area contributed by atoms with Crippen LogP contribution in [0.3, 0.4) is 0 Å². The van der Waals surface area contributed by atoms with Crippen molar-refractivity contribution in [3.63, 3.8) is 0 Å². The van der Waals surface area contributed by atoms with E-state index in [1.165, 1.54) is 17.1 Å². The Morgan fingerprint density at radius 2 is 2.30 bits per heavy atom. The highest BCUT2D eigenvalue weighted by Crippen LogP contribution is 2.23. The van der Waals surface area contributed by atoms with Crippen molar-refractivity contribution in [2.75, 3.05) is 32.1 Å². The standard InChI is InChI=1S/C13H20N6S/c1-10-6-14-19(7-10)11-4-5-18(8-11)9-12-15-13(17(2)3)20-16-12/h6-7,11H,4-5,8-9H2,1-3H3. The molecule has 108 valence electrons. The molecule has 1 fully saturated rings. The number of aromatic nitrogens is 4. The van der Waals surface area contributed by atoms with Crippen molar-refractivity contribution in [1.29, 1.82) is 0 Å². The molecule has 0 radical (unpaired) electrons. The van der Waals surface area contributed by atoms with E-state index in [9.17, 15) is 0 Å². The number of anilines is 1. The largest absolute Gasteiger partial charge is 0.353 e. The van der Waals surface area contributed by atoms with Gasteiger partial charge in [0.1, 0.15) is 0 Å². The van der Waals surface area contributed by atoms with Crippen molar-refractivity contribution in [2.24, 2.45) is 0 Å². The van der Waals surface area contributed by atoms with Gasteiger partial charge in [0.05, 0.1) is 18.8 Å². The van der Waals surface area contributed by atoms with E-state index < -0.39 is 0 Å². The monoisotopic (exact) mass is 292 g/mol. The van der Waals surface area contributed by atoms with Gasteiger partial charge in [0.15, 0.2) is 5.82 Å². The molecule has 0 aromatic carbocycles. The molecule has 1 saturated heterocycles. The normalized spacial score (nSPS) is 19.6. The maximum atomic E-state index is 4.54. The van der Waals surface area contributed by atoms with Gasteiger partial charge in [0, 0.05) is 44.9 Å². The van der Waals surface area contributed by atoms with Crippen LogP contribution in [0.25, 0.3) is 0 Å². The summed E-state index contributed by atoms with van der Waals surface area (Å²) in [5.74, 6) is 0.927. The quantitative estimate of drug-likeness (QED) is 0.856. The highest BCUT2D eigenvalue weighted by Gasteiger charge is 2.25. The third-order valence-electron chi connectivity index (χ3n) is 3.56. The second kappa shape index (κ2) is 5.49. The fourth-order valence-corrected chi connectivity index (χ4v) is 3.09. The van der Waals surface area contributed by atoms with Crippen LogP contribution >= 0.6 is 11.5 Å². The molecule has 3 heterocycles. The van der Waals surface area contributed by atoms with Crippen molar-refractivity contribution >= 4 is 16.7 Å². The number of rotatable bonds is 4. The molecule has 0 aliphatic carbocycles. The Labute approximate surface area is 123 Å². The molecule has 0 spiro atoms. The SMILES string of the molecule is Cc1cnn(C2CCN(Cc3nsc(N(C)C)n3)C2)c1. The van der Waals surface area contributed by atoms with E-state index in [0.29, 0.717) is 6.04 Å². The van der Waals surface area contributed by atoms with Crippen molar-refractivity contribution in [1.82, 2.24) is 24.0 Å². The summed E-state index contributed by atoms with van der Waals surface area (Å²) >= 11 is 1.46. The third kappa shape index (κ3) is 2.83. The molecule has 1 atom stereocenters. The predicted octanol–water partition coefficient (Wildman–Crippen LogP) is 1.56. The summed E-state index contributed by atoms with van der Waals surface area (Å²) < 4.78 is 6.52. The first-order valence-electron chi connectivity index (χ1n) is 6.85. The van der Waals surface area contributed by atoms with Gasteiger partial charge in [-0.25, -0.2) is 4.98 Å². The molecule has 0 amide bonds. The fraction of sp³-hybridized carbons (Fsp3) is 0.615. The minimum absolute atomic E-state index is 0.482. The first-order valence-corrected chi connectivity index (χ1v) is 7.62. The van der Waals surface area contributed by atoms with Gasteiger partial charge < -0.3 is 4.90 Å². The zero-order valence-corrected chi connectivity index (χ0v) is 13.0. The summed E-state index contributed by atoms with van der Waals surface area (Å²) in [6.45, 7) is 5.02. The smallest absolute Gasteiger partial charge is 0.204 e. The summed E-state index contributed by atoms with van der Waals surface area (Å²) in [4.78, 5) is 8.95. The Balaban J connectivity index is 1.59. The molecule has 1 aliphatic heterocycles. The molecule has 3 rings (SSSR count). The molecular formula is C13H20N6S. The molecule has 0 saturated carbocycles. The summed E-state index contributed by atoms with van der Waals surface area (Å²) in [5.41, 5.74) is 1.22. The van der Waals surface area contributed by atoms with Crippen molar-refractivity contribution in [3.05, 3.63) is 23.8 Å². The van der Waals surface area contributed by atoms with Crippen molar-refractivity contribution in [3.8, 4) is 0 Å². The molecule has 0 N–H and O–H groups in total. The Morgan fingerprint density at radius 3 is 2.95 bits per heavy atom. The van der Waals surface area contributed by atoms with Crippen molar-refractivity contribution < 1.29 is 0 Å². The first-order chi connectivity index (χ1) is 9.61. The Kier molecular flexibility index (Phi) is 3.71. The van der Waals surface area contributed by atoms with Crippen LogP contribution in [-0.4, -0.2) is 51.2 Å². The summed E-state index contributed by atoms with van der Waals surface area (Å²) in [6.07, 6.45) is 5.19. The van der Waals surface area contributed by atoms with Gasteiger partial charge in [0.2, 0.25) is 5.13 Å². The molecule has 6 nitrogen and oxygen atoms in total. The van der Waals surface area contributed by atoms with Gasteiger partial charge >= 0.3 is 0 Å². The van der Waals surface area contributed by atoms with Crippen molar-refractivity contribution in [2.45, 2.75) is 25.9 Å². The number of nitrogens with zero attached hydrogens (tertiary/aromatic N) is 6. The van der Waals surface area contributed by atoms with E-state index in [-0.39, 0.29) is 0 Å². The van der Waals surface area contributed by atoms with Crippen LogP contribution in [0.1, 0.15) is 23.9 Å². The summed E-state index contributed by atoms with van der Waals surface area (Å²) in [5, 5.41) is 5.39. The van der Waals surface area contributed by atoms with Crippen LogP contribution in [0.15, 0.2) is 12.4 Å². The summed E-state index contributed by atoms with van der Waals surface area (Å²) in [6, 6.07) is 0.482. The van der Waals surface area contributed by atoms with Crippen LogP contribution in [0, 0.1) is 6.92 Å². The van der Waals surface area contributed by atoms with Gasteiger partial charge in [-0.1, -0.05) is 0 Å². The van der Waals surface area contributed by atoms with E-state index in [0.717, 1.165) is 37.0 Å². The number of hydrogen-bond acceptors (Lipinski definition) is 6. The lowest BCUT2D eigenvalue weighted by Crippen LogP contribution is -2.22. The van der Waals surface area contributed by atoms with Crippen LogP contribution in [0.2, 0.25) is 0 Å². The third-order valence-corrected chi connectivity index (χ3v) is 4.48. The van der Waals surface area contributed by atoms with Crippen LogP contribution < -0.4 is 4.90 Å². The van der Waals surface area contributed by atoms with Crippen LogP contribution in [0.4, 0.5) is 5.13 Å². The molecule has 1 aliphatic rings. The maximum Gasteiger partial charge on any atom is 0.204 e. The van der Waals surface area contributed by atoms with E-state index in [1.54, 1.807) is 0 Å². The number of likely N-dealkylation sites (tertiary alicyclic amines) is 1. The van der Waals surface area contributed by atoms with Gasteiger partial charge in [-0.15, -0.1) is 0 Å². The molecular weight excluding hydrogens is 272 g/mol. The van der Waals surface area contributed by atoms with E-state index >= 15 is 0 Å². The average molecular weight is 292 g/mol. The van der Waals surface area contributed by atoms with Gasteiger partial charge in [-0.3, -0.25) is 9.58 Å². The van der Waals surface area contributed by atoms with Crippen LogP contribution in [-0.2, 0) is 6.54 Å². The maximum absolute atomic E-state index is 4.54. The molecule has 7 heteroatoms. The predicted molar refractivity (Wildman–Crippen MR) is 80.1 cm³/mol. The lowest BCUT2D eigenvalue weighted by Gasteiger charge is -2.14. The molecule has 1 unspecified atom stereocenters. The lowest BCUT2D eigenvalue weighted by atomic mass is 10.3. The molecule has 0 bridgehead atoms. The Bertz CT molecular complexity index is 575. The Morgan fingerprint density at radius 1 is 1.45 bits per heavy atom. The second-order valence-corrected chi connectivity index (χ2v) is 6.29. The topological polar surface area (TPSA) is 50.1 Å². The van der Waals surface area contributed by atoms with Crippen LogP contribution in [0.5, 0.6) is 0 Å². The van der Waals surface area contributed by atoms with Gasteiger partial charge in [-0.05, 0) is 18.9 Å². The lowest BCUT2D eigenvalue weighted by molar-refractivity contribution is 0.305. The minimum atomic E-state index is 0.482. The zero-order valence-electron chi connectivity index (χ0n) is 12.2. The number of aryl methyl sites for hydroxylation is 1. The molecule has 20 heavy (non-hydrogen) atoms. The minimum Gasteiger partial charge on any atom is -0.353 e. The Hall–Kier alpha value is -1.47.